The topological polar surface area (TPSA) is 75.6 Å². The SMILES string of the molecule is CC(C)C(C(=O)N1CCCC1C)N(N)/C=C(\N)c1ccccc1. The molecule has 23 heavy (non-hydrogen) atoms. The molecule has 1 aromatic rings. The maximum atomic E-state index is 12.9. The molecule has 0 saturated carbocycles. The molecule has 1 amide bonds. The molecular formula is C18H28N4O. The monoisotopic (exact) mass is 316 g/mol. The van der Waals surface area contributed by atoms with Crippen molar-refractivity contribution in [1.29, 1.82) is 0 Å². The first kappa shape index (κ1) is 17.3. The minimum Gasteiger partial charge on any atom is -0.397 e. The lowest BCUT2D eigenvalue weighted by Crippen LogP contribution is -2.53. The second-order valence-electron chi connectivity index (χ2n) is 6.61. The number of amides is 1. The molecule has 5 nitrogen and oxygen atoms in total. The van der Waals surface area contributed by atoms with Gasteiger partial charge in [0.25, 0.3) is 0 Å². The molecule has 0 bridgehead atoms. The zero-order valence-electron chi connectivity index (χ0n) is 14.3. The standard InChI is InChI=1S/C18H28N4O/c1-13(2)17(18(23)21-11-7-8-14(21)3)22(20)12-16(19)15-9-5-4-6-10-15/h4-6,9-10,12-14,17H,7-8,11,19-20H2,1-3H3/b16-12-. The molecule has 0 radical (unpaired) electrons. The lowest BCUT2D eigenvalue weighted by Gasteiger charge is -2.34. The van der Waals surface area contributed by atoms with Crippen LogP contribution >= 0.6 is 0 Å². The van der Waals surface area contributed by atoms with Crippen molar-refractivity contribution in [2.75, 3.05) is 6.54 Å². The summed E-state index contributed by atoms with van der Waals surface area (Å²) in [4.78, 5) is 14.8. The summed E-state index contributed by atoms with van der Waals surface area (Å²) >= 11 is 0. The van der Waals surface area contributed by atoms with E-state index in [-0.39, 0.29) is 17.9 Å². The smallest absolute Gasteiger partial charge is 0.247 e. The van der Waals surface area contributed by atoms with Gasteiger partial charge in [-0.1, -0.05) is 44.2 Å². The number of hydrogen-bond acceptors (Lipinski definition) is 4. The minimum absolute atomic E-state index is 0.0876. The third-order valence-electron chi connectivity index (χ3n) is 4.44. The van der Waals surface area contributed by atoms with Crippen molar-refractivity contribution < 1.29 is 4.79 Å². The highest BCUT2D eigenvalue weighted by Gasteiger charge is 2.34. The Morgan fingerprint density at radius 2 is 2.00 bits per heavy atom. The lowest BCUT2D eigenvalue weighted by atomic mass is 10.0. The number of hydrazine groups is 1. The van der Waals surface area contributed by atoms with Gasteiger partial charge in [-0.3, -0.25) is 4.79 Å². The van der Waals surface area contributed by atoms with Crippen LogP contribution in [0.4, 0.5) is 0 Å². The third kappa shape index (κ3) is 4.05. The number of carbonyl (C=O) groups excluding carboxylic acids is 1. The number of nitrogens with zero attached hydrogens (tertiary/aromatic N) is 2. The summed E-state index contributed by atoms with van der Waals surface area (Å²) in [6, 6.07) is 9.52. The van der Waals surface area contributed by atoms with Crippen LogP contribution < -0.4 is 11.6 Å². The summed E-state index contributed by atoms with van der Waals surface area (Å²) in [5, 5.41) is 1.47. The maximum absolute atomic E-state index is 12.9. The molecule has 2 unspecified atom stereocenters. The fraction of sp³-hybridized carbons (Fsp3) is 0.500. The molecule has 4 N–H and O–H groups in total. The van der Waals surface area contributed by atoms with Crippen molar-refractivity contribution >= 4 is 11.6 Å². The molecule has 1 aliphatic rings. The highest BCUT2D eigenvalue weighted by Crippen LogP contribution is 2.22. The van der Waals surface area contributed by atoms with E-state index in [1.165, 1.54) is 5.01 Å². The van der Waals surface area contributed by atoms with E-state index in [0.29, 0.717) is 5.70 Å². The molecule has 1 aromatic carbocycles. The van der Waals surface area contributed by atoms with E-state index in [0.717, 1.165) is 24.9 Å². The van der Waals surface area contributed by atoms with E-state index >= 15 is 0 Å². The fourth-order valence-electron chi connectivity index (χ4n) is 3.13. The molecule has 0 aliphatic carbocycles. The Morgan fingerprint density at radius 3 is 2.52 bits per heavy atom. The molecule has 2 rings (SSSR count). The minimum atomic E-state index is -0.405. The normalized spacial score (nSPS) is 20.0. The summed E-state index contributed by atoms with van der Waals surface area (Å²) in [7, 11) is 0. The van der Waals surface area contributed by atoms with Crippen molar-refractivity contribution in [2.45, 2.75) is 45.7 Å². The summed E-state index contributed by atoms with van der Waals surface area (Å²) < 4.78 is 0. The van der Waals surface area contributed by atoms with Gasteiger partial charge in [0, 0.05) is 18.8 Å². The van der Waals surface area contributed by atoms with Crippen molar-refractivity contribution in [2.24, 2.45) is 17.5 Å². The van der Waals surface area contributed by atoms with Crippen LogP contribution in [-0.2, 0) is 4.79 Å². The van der Waals surface area contributed by atoms with Gasteiger partial charge in [0.1, 0.15) is 6.04 Å². The van der Waals surface area contributed by atoms with Crippen LogP contribution in [0.15, 0.2) is 36.5 Å². The van der Waals surface area contributed by atoms with E-state index < -0.39 is 6.04 Å². The molecule has 2 atom stereocenters. The van der Waals surface area contributed by atoms with Crippen LogP contribution in [0.3, 0.4) is 0 Å². The second kappa shape index (κ2) is 7.51. The Balaban J connectivity index is 2.18. The van der Waals surface area contributed by atoms with Gasteiger partial charge in [-0.15, -0.1) is 0 Å². The Bertz CT molecular complexity index is 555. The highest BCUT2D eigenvalue weighted by atomic mass is 16.2. The van der Waals surface area contributed by atoms with Crippen LogP contribution in [0, 0.1) is 5.92 Å². The van der Waals surface area contributed by atoms with E-state index in [1.807, 2.05) is 49.1 Å². The average molecular weight is 316 g/mol. The first-order valence-corrected chi connectivity index (χ1v) is 8.28. The molecular weight excluding hydrogens is 288 g/mol. The Hall–Kier alpha value is -2.01. The van der Waals surface area contributed by atoms with Crippen molar-refractivity contribution in [3.63, 3.8) is 0 Å². The van der Waals surface area contributed by atoms with Crippen molar-refractivity contribution in [3.8, 4) is 0 Å². The zero-order chi connectivity index (χ0) is 17.0. The van der Waals surface area contributed by atoms with Gasteiger partial charge in [-0.25, -0.2) is 5.84 Å². The van der Waals surface area contributed by atoms with E-state index in [1.54, 1.807) is 6.20 Å². The van der Waals surface area contributed by atoms with Gasteiger partial charge < -0.3 is 15.6 Å². The number of likely N-dealkylation sites (tertiary alicyclic amines) is 1. The highest BCUT2D eigenvalue weighted by molar-refractivity contribution is 5.83. The molecule has 1 saturated heterocycles. The third-order valence-corrected chi connectivity index (χ3v) is 4.44. The largest absolute Gasteiger partial charge is 0.397 e. The molecule has 0 spiro atoms. The number of carbonyl (C=O) groups is 1. The second-order valence-corrected chi connectivity index (χ2v) is 6.61. The molecule has 1 fully saturated rings. The van der Waals surface area contributed by atoms with E-state index in [9.17, 15) is 4.79 Å². The molecule has 5 heteroatoms. The van der Waals surface area contributed by atoms with Crippen LogP contribution in [-0.4, -0.2) is 34.4 Å². The Labute approximate surface area is 138 Å². The summed E-state index contributed by atoms with van der Waals surface area (Å²) in [6.07, 6.45) is 3.78. The molecule has 1 aliphatic heterocycles. The lowest BCUT2D eigenvalue weighted by molar-refractivity contribution is -0.138. The average Bonchev–Trinajstić information content (AvgIpc) is 2.94. The van der Waals surface area contributed by atoms with Crippen molar-refractivity contribution in [3.05, 3.63) is 42.1 Å². The Morgan fingerprint density at radius 1 is 1.35 bits per heavy atom. The van der Waals surface area contributed by atoms with Gasteiger partial charge in [-0.2, -0.15) is 0 Å². The first-order chi connectivity index (χ1) is 10.9. The molecule has 0 aromatic heterocycles. The first-order valence-electron chi connectivity index (χ1n) is 8.28. The van der Waals surface area contributed by atoms with Gasteiger partial charge in [-0.05, 0) is 31.2 Å². The summed E-state index contributed by atoms with van der Waals surface area (Å²) in [5.74, 6) is 6.39. The molecule has 126 valence electrons. The van der Waals surface area contributed by atoms with Gasteiger partial charge >= 0.3 is 0 Å². The zero-order valence-corrected chi connectivity index (χ0v) is 14.3. The van der Waals surface area contributed by atoms with Crippen LogP contribution in [0.5, 0.6) is 0 Å². The van der Waals surface area contributed by atoms with E-state index in [2.05, 4.69) is 6.92 Å². The van der Waals surface area contributed by atoms with Crippen LogP contribution in [0.1, 0.15) is 39.2 Å². The fourth-order valence-corrected chi connectivity index (χ4v) is 3.13. The van der Waals surface area contributed by atoms with Gasteiger partial charge in [0.2, 0.25) is 5.91 Å². The summed E-state index contributed by atoms with van der Waals surface area (Å²) in [5.41, 5.74) is 7.58. The number of rotatable bonds is 5. The predicted molar refractivity (Wildman–Crippen MR) is 93.7 cm³/mol. The molecule has 1 heterocycles. The Kier molecular flexibility index (Phi) is 5.66. The maximum Gasteiger partial charge on any atom is 0.247 e. The van der Waals surface area contributed by atoms with Crippen LogP contribution in [0.2, 0.25) is 0 Å². The number of hydrogen-bond donors (Lipinski definition) is 2. The van der Waals surface area contributed by atoms with Crippen LogP contribution in [0.25, 0.3) is 5.70 Å². The predicted octanol–water partition coefficient (Wildman–Crippen LogP) is 2.15. The van der Waals surface area contributed by atoms with E-state index in [4.69, 9.17) is 11.6 Å². The number of benzene rings is 1. The number of nitrogens with two attached hydrogens (primary N) is 2. The van der Waals surface area contributed by atoms with Crippen molar-refractivity contribution in [1.82, 2.24) is 9.91 Å². The summed E-state index contributed by atoms with van der Waals surface area (Å²) in [6.45, 7) is 6.93. The van der Waals surface area contributed by atoms with Gasteiger partial charge in [0.15, 0.2) is 0 Å². The quantitative estimate of drug-likeness (QED) is 0.645. The van der Waals surface area contributed by atoms with Gasteiger partial charge in [0.05, 0.1) is 5.70 Å².